The zero-order chi connectivity index (χ0) is 30.4. The number of halogens is 4. The lowest BCUT2D eigenvalue weighted by atomic mass is 9.99. The van der Waals surface area contributed by atoms with Crippen molar-refractivity contribution < 1.29 is 35.6 Å². The highest BCUT2D eigenvalue weighted by Gasteiger charge is 2.35. The van der Waals surface area contributed by atoms with E-state index >= 15 is 0 Å². The number of amides is 2. The van der Waals surface area contributed by atoms with Crippen molar-refractivity contribution in [2.75, 3.05) is 26.2 Å². The van der Waals surface area contributed by atoms with Gasteiger partial charge in [-0.05, 0) is 65.9 Å². The SMILES string of the molecule is Cc1cn(Cc2cc(C(F)(F)F)ccc2CCC(=O)N2CC3=C(C2)CN(C(=O)c2ccc(S(N)(=O)=O)cc2F)C3)nn1. The van der Waals surface area contributed by atoms with Crippen LogP contribution < -0.4 is 5.14 Å². The molecule has 2 amide bonds. The third-order valence-electron chi connectivity index (χ3n) is 7.29. The van der Waals surface area contributed by atoms with E-state index in [4.69, 9.17) is 5.14 Å². The van der Waals surface area contributed by atoms with E-state index < -0.39 is 38.4 Å². The van der Waals surface area contributed by atoms with Gasteiger partial charge in [0.05, 0.1) is 28.3 Å². The van der Waals surface area contributed by atoms with E-state index in [0.29, 0.717) is 22.9 Å². The van der Waals surface area contributed by atoms with Crippen molar-refractivity contribution in [3.63, 3.8) is 0 Å². The lowest BCUT2D eigenvalue weighted by molar-refractivity contribution is -0.137. The van der Waals surface area contributed by atoms with Crippen molar-refractivity contribution in [1.82, 2.24) is 24.8 Å². The highest BCUT2D eigenvalue weighted by atomic mass is 32.2. The van der Waals surface area contributed by atoms with Gasteiger partial charge in [-0.2, -0.15) is 13.2 Å². The number of aromatic nitrogens is 3. The maximum absolute atomic E-state index is 14.5. The van der Waals surface area contributed by atoms with Crippen LogP contribution in [0.25, 0.3) is 0 Å². The molecule has 0 bridgehead atoms. The van der Waals surface area contributed by atoms with E-state index in [1.54, 1.807) is 18.0 Å². The molecule has 0 atom stereocenters. The largest absolute Gasteiger partial charge is 0.416 e. The molecule has 10 nitrogen and oxygen atoms in total. The fourth-order valence-corrected chi connectivity index (χ4v) is 5.68. The van der Waals surface area contributed by atoms with Crippen molar-refractivity contribution in [1.29, 1.82) is 0 Å². The molecule has 3 aromatic rings. The minimum absolute atomic E-state index is 0.0690. The van der Waals surface area contributed by atoms with Gasteiger partial charge < -0.3 is 9.80 Å². The number of hydrogen-bond donors (Lipinski definition) is 1. The second-order valence-electron chi connectivity index (χ2n) is 10.3. The van der Waals surface area contributed by atoms with Gasteiger partial charge in [0, 0.05) is 38.8 Å². The van der Waals surface area contributed by atoms with E-state index in [1.165, 1.54) is 15.6 Å². The van der Waals surface area contributed by atoms with Gasteiger partial charge in [-0.15, -0.1) is 5.10 Å². The molecular formula is C27H26F4N6O4S. The van der Waals surface area contributed by atoms with Crippen LogP contribution in [-0.4, -0.2) is 71.2 Å². The topological polar surface area (TPSA) is 131 Å². The monoisotopic (exact) mass is 606 g/mol. The first-order valence-corrected chi connectivity index (χ1v) is 14.4. The summed E-state index contributed by atoms with van der Waals surface area (Å²) in [5.41, 5.74) is 2.25. The fraction of sp³-hybridized carbons (Fsp3) is 0.333. The van der Waals surface area contributed by atoms with Crippen LogP contribution in [0, 0.1) is 12.7 Å². The molecule has 0 fully saturated rings. The van der Waals surface area contributed by atoms with Gasteiger partial charge in [0.2, 0.25) is 15.9 Å². The highest BCUT2D eigenvalue weighted by molar-refractivity contribution is 7.89. The number of carbonyl (C=O) groups excluding carboxylic acids is 2. The van der Waals surface area contributed by atoms with E-state index in [-0.39, 0.29) is 57.0 Å². The van der Waals surface area contributed by atoms with Crippen LogP contribution in [0.5, 0.6) is 0 Å². The lowest BCUT2D eigenvalue weighted by Gasteiger charge is -2.23. The number of hydrogen-bond acceptors (Lipinski definition) is 6. The quantitative estimate of drug-likeness (QED) is 0.325. The predicted octanol–water partition coefficient (Wildman–Crippen LogP) is 2.67. The van der Waals surface area contributed by atoms with Crippen LogP contribution in [-0.2, 0) is 34.0 Å². The number of aryl methyl sites for hydroxylation is 2. The molecule has 2 N–H and O–H groups in total. The van der Waals surface area contributed by atoms with Crippen LogP contribution in [0.3, 0.4) is 0 Å². The standard InChI is InChI=1S/C27H26F4N6O4S/c1-16-10-37(34-33-16)15-18-8-21(27(29,30)31)4-2-17(18)3-7-25(38)35-11-19-13-36(14-20(19)12-35)26(39)23-6-5-22(9-24(23)28)42(32,40)41/h2,4-6,8-10H,3,7,11-15H2,1H3,(H2,32,40,41). The van der Waals surface area contributed by atoms with Gasteiger partial charge in [0.25, 0.3) is 5.91 Å². The van der Waals surface area contributed by atoms with Gasteiger partial charge in [-0.3, -0.25) is 9.59 Å². The number of primary sulfonamides is 1. The third kappa shape index (κ3) is 6.21. The van der Waals surface area contributed by atoms with Crippen molar-refractivity contribution in [3.8, 4) is 0 Å². The minimum atomic E-state index is -4.52. The van der Waals surface area contributed by atoms with E-state index in [9.17, 15) is 35.6 Å². The van der Waals surface area contributed by atoms with Crippen molar-refractivity contribution in [2.45, 2.75) is 37.4 Å². The molecule has 222 valence electrons. The summed E-state index contributed by atoms with van der Waals surface area (Å²) < 4.78 is 78.9. The molecule has 5 rings (SSSR count). The Labute approximate surface area is 238 Å². The Kier molecular flexibility index (Phi) is 7.66. The zero-order valence-corrected chi connectivity index (χ0v) is 23.2. The molecule has 2 aliphatic heterocycles. The molecule has 2 aromatic carbocycles. The number of carbonyl (C=O) groups is 2. The Morgan fingerprint density at radius 3 is 2.21 bits per heavy atom. The van der Waals surface area contributed by atoms with Crippen molar-refractivity contribution in [2.24, 2.45) is 5.14 Å². The third-order valence-corrected chi connectivity index (χ3v) is 8.20. The summed E-state index contributed by atoms with van der Waals surface area (Å²) in [6, 6.07) is 6.30. The number of rotatable bonds is 7. The van der Waals surface area contributed by atoms with Crippen LogP contribution in [0.2, 0.25) is 0 Å². The summed E-state index contributed by atoms with van der Waals surface area (Å²) in [7, 11) is -4.12. The summed E-state index contributed by atoms with van der Waals surface area (Å²) >= 11 is 0. The van der Waals surface area contributed by atoms with Crippen LogP contribution in [0.4, 0.5) is 17.6 Å². The summed E-state index contributed by atoms with van der Waals surface area (Å²) in [5, 5.41) is 12.8. The Bertz CT molecular complexity index is 1700. The van der Waals surface area contributed by atoms with Gasteiger partial charge >= 0.3 is 6.18 Å². The first kappa shape index (κ1) is 29.4. The maximum atomic E-state index is 14.5. The molecule has 3 heterocycles. The van der Waals surface area contributed by atoms with E-state index in [2.05, 4.69) is 10.3 Å². The van der Waals surface area contributed by atoms with E-state index in [1.807, 2.05) is 0 Å². The van der Waals surface area contributed by atoms with Crippen LogP contribution in [0.15, 0.2) is 58.6 Å². The molecule has 0 saturated heterocycles. The van der Waals surface area contributed by atoms with Crippen LogP contribution in [0.1, 0.15) is 39.2 Å². The molecular weight excluding hydrogens is 580 g/mol. The van der Waals surface area contributed by atoms with Gasteiger partial charge in [0.1, 0.15) is 5.82 Å². The average molecular weight is 607 g/mol. The predicted molar refractivity (Wildman–Crippen MR) is 141 cm³/mol. The Morgan fingerprint density at radius 2 is 1.64 bits per heavy atom. The number of nitrogens with zero attached hydrogens (tertiary/aromatic N) is 5. The molecule has 0 saturated carbocycles. The highest BCUT2D eigenvalue weighted by Crippen LogP contribution is 2.32. The summed E-state index contributed by atoms with van der Waals surface area (Å²) in [6.07, 6.45) is -2.60. The Hall–Kier alpha value is -4.11. The molecule has 0 spiro atoms. The lowest BCUT2D eigenvalue weighted by Crippen LogP contribution is -2.36. The normalized spacial score (nSPS) is 15.5. The molecule has 42 heavy (non-hydrogen) atoms. The summed E-state index contributed by atoms with van der Waals surface area (Å²) in [5.74, 6) is -1.80. The smallest absolute Gasteiger partial charge is 0.335 e. The Morgan fingerprint density at radius 1 is 0.976 bits per heavy atom. The van der Waals surface area contributed by atoms with E-state index in [0.717, 1.165) is 35.4 Å². The minimum Gasteiger partial charge on any atom is -0.335 e. The van der Waals surface area contributed by atoms with Crippen molar-refractivity contribution >= 4 is 21.8 Å². The van der Waals surface area contributed by atoms with Gasteiger partial charge in [0.15, 0.2) is 0 Å². The number of nitrogens with two attached hydrogens (primary N) is 1. The second-order valence-corrected chi connectivity index (χ2v) is 11.9. The second kappa shape index (κ2) is 10.9. The molecule has 0 radical (unpaired) electrons. The molecule has 2 aliphatic rings. The van der Waals surface area contributed by atoms with Crippen LogP contribution >= 0.6 is 0 Å². The number of sulfonamides is 1. The number of alkyl halides is 3. The van der Waals surface area contributed by atoms with Crippen molar-refractivity contribution in [3.05, 3.63) is 87.5 Å². The molecule has 1 aromatic heterocycles. The maximum Gasteiger partial charge on any atom is 0.416 e. The average Bonchev–Trinajstić information content (AvgIpc) is 3.61. The summed E-state index contributed by atoms with van der Waals surface area (Å²) in [6.45, 7) is 2.73. The first-order chi connectivity index (χ1) is 19.7. The van der Waals surface area contributed by atoms with Gasteiger partial charge in [-0.1, -0.05) is 11.3 Å². The zero-order valence-electron chi connectivity index (χ0n) is 22.4. The molecule has 15 heteroatoms. The molecule has 0 unspecified atom stereocenters. The molecule has 0 aliphatic carbocycles. The number of benzene rings is 2. The van der Waals surface area contributed by atoms with Gasteiger partial charge in [-0.25, -0.2) is 22.6 Å². The summed E-state index contributed by atoms with van der Waals surface area (Å²) in [4.78, 5) is 28.5. The Balaban J connectivity index is 1.20. The first-order valence-electron chi connectivity index (χ1n) is 12.8. The fourth-order valence-electron chi connectivity index (χ4n) is 5.16.